The molecule has 5 nitrogen and oxygen atoms in total. The fraction of sp³-hybridized carbons (Fsp3) is 0.188. The molecule has 0 spiro atoms. The van der Waals surface area contributed by atoms with E-state index in [1.165, 1.54) is 20.3 Å². The summed E-state index contributed by atoms with van der Waals surface area (Å²) >= 11 is 0. The molecular weight excluding hydrogens is 272 g/mol. The Hall–Kier alpha value is -2.69. The van der Waals surface area contributed by atoms with Crippen molar-refractivity contribution in [3.8, 4) is 17.2 Å². The Bertz CT molecular complexity index is 622. The number of carboxylic acid groups (broad SMARTS) is 1. The van der Waals surface area contributed by atoms with Crippen molar-refractivity contribution in [3.63, 3.8) is 0 Å². The second kappa shape index (κ2) is 6.65. The van der Waals surface area contributed by atoms with Gasteiger partial charge in [0.25, 0.3) is 0 Å². The van der Waals surface area contributed by atoms with Gasteiger partial charge in [-0.2, -0.15) is 0 Å². The van der Waals surface area contributed by atoms with Gasteiger partial charge < -0.3 is 19.3 Å². The van der Waals surface area contributed by atoms with Gasteiger partial charge in [0.2, 0.25) is 5.75 Å². The summed E-state index contributed by atoms with van der Waals surface area (Å²) in [5.74, 6) is -0.230. The molecule has 2 aromatic rings. The van der Waals surface area contributed by atoms with E-state index in [9.17, 15) is 4.79 Å². The van der Waals surface area contributed by atoms with Crippen LogP contribution in [0.1, 0.15) is 15.9 Å². The summed E-state index contributed by atoms with van der Waals surface area (Å²) in [5, 5.41) is 9.14. The van der Waals surface area contributed by atoms with E-state index in [-0.39, 0.29) is 17.1 Å². The summed E-state index contributed by atoms with van der Waals surface area (Å²) in [6.45, 7) is 0.354. The predicted octanol–water partition coefficient (Wildman–Crippen LogP) is 2.98. The van der Waals surface area contributed by atoms with Crippen LogP contribution in [0.25, 0.3) is 0 Å². The third-order valence-electron chi connectivity index (χ3n) is 2.95. The van der Waals surface area contributed by atoms with Gasteiger partial charge in [0.05, 0.1) is 14.2 Å². The summed E-state index contributed by atoms with van der Waals surface area (Å²) < 4.78 is 16.1. The molecule has 0 bridgehead atoms. The highest BCUT2D eigenvalue weighted by molar-refractivity contribution is 5.92. The predicted molar refractivity (Wildman–Crippen MR) is 77.3 cm³/mol. The van der Waals surface area contributed by atoms with Crippen LogP contribution in [-0.4, -0.2) is 25.3 Å². The first-order chi connectivity index (χ1) is 10.2. The standard InChI is InChI=1S/C16H16O5/c1-19-14-12(16(17)18)8-9-13(15(14)20-2)21-10-11-6-4-3-5-7-11/h3-9H,10H2,1-2H3,(H,17,18). The second-order valence-electron chi connectivity index (χ2n) is 4.26. The zero-order valence-electron chi connectivity index (χ0n) is 11.8. The third-order valence-corrected chi connectivity index (χ3v) is 2.95. The Labute approximate surface area is 122 Å². The summed E-state index contributed by atoms with van der Waals surface area (Å²) in [4.78, 5) is 11.2. The fourth-order valence-electron chi connectivity index (χ4n) is 1.96. The first kappa shape index (κ1) is 14.7. The number of benzene rings is 2. The Morgan fingerprint density at radius 1 is 1.00 bits per heavy atom. The molecule has 0 heterocycles. The number of hydrogen-bond acceptors (Lipinski definition) is 4. The summed E-state index contributed by atoms with van der Waals surface area (Å²) in [6.07, 6.45) is 0. The molecule has 0 unspecified atom stereocenters. The van der Waals surface area contributed by atoms with Crippen molar-refractivity contribution in [1.82, 2.24) is 0 Å². The van der Waals surface area contributed by atoms with Crippen LogP contribution >= 0.6 is 0 Å². The molecule has 0 radical (unpaired) electrons. The Kier molecular flexibility index (Phi) is 4.66. The maximum atomic E-state index is 11.2. The van der Waals surface area contributed by atoms with Crippen molar-refractivity contribution in [3.05, 3.63) is 53.6 Å². The molecule has 0 aliphatic heterocycles. The molecule has 1 N–H and O–H groups in total. The maximum Gasteiger partial charge on any atom is 0.339 e. The molecule has 0 saturated carbocycles. The number of rotatable bonds is 6. The highest BCUT2D eigenvalue weighted by atomic mass is 16.5. The van der Waals surface area contributed by atoms with E-state index in [0.717, 1.165) is 5.56 Å². The smallest absolute Gasteiger partial charge is 0.339 e. The molecule has 110 valence electrons. The number of hydrogen-bond donors (Lipinski definition) is 1. The summed E-state index contributed by atoms with van der Waals surface area (Å²) in [5.41, 5.74) is 1.03. The molecule has 2 aromatic carbocycles. The van der Waals surface area contributed by atoms with Crippen molar-refractivity contribution in [2.24, 2.45) is 0 Å². The van der Waals surface area contributed by atoms with Gasteiger partial charge in [-0.25, -0.2) is 4.79 Å². The lowest BCUT2D eigenvalue weighted by molar-refractivity contribution is 0.0692. The normalized spacial score (nSPS) is 10.0. The number of carboxylic acids is 1. The monoisotopic (exact) mass is 288 g/mol. The van der Waals surface area contributed by atoms with Gasteiger partial charge in [-0.05, 0) is 17.7 Å². The third kappa shape index (κ3) is 3.25. The van der Waals surface area contributed by atoms with E-state index >= 15 is 0 Å². The molecule has 0 amide bonds. The highest BCUT2D eigenvalue weighted by Crippen LogP contribution is 2.40. The molecule has 0 aliphatic carbocycles. The highest BCUT2D eigenvalue weighted by Gasteiger charge is 2.20. The lowest BCUT2D eigenvalue weighted by atomic mass is 10.1. The van der Waals surface area contributed by atoms with Crippen LogP contribution in [0, 0.1) is 0 Å². The molecule has 0 saturated heterocycles. The summed E-state index contributed by atoms with van der Waals surface area (Å²) in [6, 6.07) is 12.6. The number of ether oxygens (including phenoxy) is 3. The van der Waals surface area contributed by atoms with Crippen LogP contribution in [-0.2, 0) is 6.61 Å². The lowest BCUT2D eigenvalue weighted by Gasteiger charge is -2.15. The molecule has 21 heavy (non-hydrogen) atoms. The van der Waals surface area contributed by atoms with Crippen molar-refractivity contribution in [2.45, 2.75) is 6.61 Å². The topological polar surface area (TPSA) is 65.0 Å². The van der Waals surface area contributed by atoms with E-state index in [2.05, 4.69) is 0 Å². The minimum Gasteiger partial charge on any atom is -0.492 e. The Morgan fingerprint density at radius 3 is 2.24 bits per heavy atom. The molecular formula is C16H16O5. The minimum atomic E-state index is -1.08. The van der Waals surface area contributed by atoms with Crippen molar-refractivity contribution in [1.29, 1.82) is 0 Å². The average Bonchev–Trinajstić information content (AvgIpc) is 2.52. The van der Waals surface area contributed by atoms with Gasteiger partial charge in [-0.15, -0.1) is 0 Å². The Balaban J connectivity index is 2.29. The largest absolute Gasteiger partial charge is 0.492 e. The SMILES string of the molecule is COc1c(OCc2ccccc2)ccc(C(=O)O)c1OC. The number of aromatic carboxylic acids is 1. The van der Waals surface area contributed by atoms with Crippen LogP contribution < -0.4 is 14.2 Å². The second-order valence-corrected chi connectivity index (χ2v) is 4.26. The summed E-state index contributed by atoms with van der Waals surface area (Å²) in [7, 11) is 2.84. The van der Waals surface area contributed by atoms with Crippen molar-refractivity contribution >= 4 is 5.97 Å². The Morgan fingerprint density at radius 2 is 1.67 bits per heavy atom. The van der Waals surface area contributed by atoms with E-state index in [0.29, 0.717) is 12.4 Å². The average molecular weight is 288 g/mol. The van der Waals surface area contributed by atoms with Gasteiger partial charge in [0.15, 0.2) is 11.5 Å². The van der Waals surface area contributed by atoms with E-state index in [4.69, 9.17) is 19.3 Å². The van der Waals surface area contributed by atoms with Gasteiger partial charge in [0.1, 0.15) is 12.2 Å². The van der Waals surface area contributed by atoms with E-state index in [1.807, 2.05) is 30.3 Å². The van der Waals surface area contributed by atoms with Gasteiger partial charge in [0, 0.05) is 0 Å². The van der Waals surface area contributed by atoms with Crippen LogP contribution in [0.15, 0.2) is 42.5 Å². The minimum absolute atomic E-state index is 0.0291. The molecule has 5 heteroatoms. The van der Waals surface area contributed by atoms with Crippen LogP contribution in [0.4, 0.5) is 0 Å². The lowest BCUT2D eigenvalue weighted by Crippen LogP contribution is -2.05. The van der Waals surface area contributed by atoms with E-state index in [1.54, 1.807) is 6.07 Å². The number of carbonyl (C=O) groups is 1. The quantitative estimate of drug-likeness (QED) is 0.885. The van der Waals surface area contributed by atoms with Crippen LogP contribution in [0.3, 0.4) is 0 Å². The van der Waals surface area contributed by atoms with Crippen molar-refractivity contribution < 1.29 is 24.1 Å². The zero-order chi connectivity index (χ0) is 15.2. The molecule has 0 fully saturated rings. The van der Waals surface area contributed by atoms with Gasteiger partial charge in [-0.3, -0.25) is 0 Å². The molecule has 2 rings (SSSR count). The molecule has 0 aromatic heterocycles. The van der Waals surface area contributed by atoms with Crippen LogP contribution in [0.2, 0.25) is 0 Å². The first-order valence-corrected chi connectivity index (χ1v) is 6.32. The van der Waals surface area contributed by atoms with Gasteiger partial charge >= 0.3 is 5.97 Å². The zero-order valence-corrected chi connectivity index (χ0v) is 11.8. The van der Waals surface area contributed by atoms with E-state index < -0.39 is 5.97 Å². The van der Waals surface area contributed by atoms with Gasteiger partial charge in [-0.1, -0.05) is 30.3 Å². The first-order valence-electron chi connectivity index (χ1n) is 6.32. The van der Waals surface area contributed by atoms with Crippen LogP contribution in [0.5, 0.6) is 17.2 Å². The fourth-order valence-corrected chi connectivity index (χ4v) is 1.96. The molecule has 0 atom stereocenters. The molecule has 0 aliphatic rings. The van der Waals surface area contributed by atoms with Crippen molar-refractivity contribution in [2.75, 3.05) is 14.2 Å². The number of methoxy groups -OCH3 is 2. The maximum absolute atomic E-state index is 11.2.